The molecule has 0 radical (unpaired) electrons. The van der Waals surface area contributed by atoms with Crippen LogP contribution < -0.4 is 0 Å². The van der Waals surface area contributed by atoms with Gasteiger partial charge in [0.25, 0.3) is 0 Å². The molecule has 0 unspecified atom stereocenters. The predicted octanol–water partition coefficient (Wildman–Crippen LogP) is 4.15. The van der Waals surface area contributed by atoms with Crippen molar-refractivity contribution < 1.29 is 4.86 Å². The van der Waals surface area contributed by atoms with E-state index in [0.717, 1.165) is 5.92 Å². The second-order valence-electron chi connectivity index (χ2n) is 4.84. The van der Waals surface area contributed by atoms with E-state index < -0.39 is 0 Å². The molecule has 1 saturated carbocycles. The highest BCUT2D eigenvalue weighted by molar-refractivity contribution is 5.34. The van der Waals surface area contributed by atoms with Crippen LogP contribution in [0.2, 0.25) is 0 Å². The van der Waals surface area contributed by atoms with Gasteiger partial charge in [0, 0.05) is 12.1 Å². The van der Waals surface area contributed by atoms with Crippen molar-refractivity contribution in [2.24, 2.45) is 5.92 Å². The monoisotopic (exact) mass is 218 g/mol. The molecule has 86 valence electrons. The van der Waals surface area contributed by atoms with Crippen LogP contribution in [0.3, 0.4) is 0 Å². The first-order valence-electron chi connectivity index (χ1n) is 5.95. The van der Waals surface area contributed by atoms with Gasteiger partial charge >= 0.3 is 0 Å². The van der Waals surface area contributed by atoms with E-state index in [1.54, 1.807) is 12.1 Å². The SMILES string of the molecule is CC1CCC(c2ccc([N+](=N)[O-])cc2)CC1. The van der Waals surface area contributed by atoms with Crippen LogP contribution in [0.15, 0.2) is 24.3 Å². The molecular formula is C13H18N2O. The Kier molecular flexibility index (Phi) is 3.22. The van der Waals surface area contributed by atoms with E-state index in [1.807, 2.05) is 12.1 Å². The molecule has 1 aliphatic carbocycles. The molecule has 0 bridgehead atoms. The number of rotatable bonds is 2. The van der Waals surface area contributed by atoms with Crippen LogP contribution >= 0.6 is 0 Å². The average molecular weight is 218 g/mol. The molecule has 2 rings (SSSR count). The van der Waals surface area contributed by atoms with Gasteiger partial charge in [-0.25, -0.2) is 0 Å². The lowest BCUT2D eigenvalue weighted by atomic mass is 9.79. The van der Waals surface area contributed by atoms with Crippen molar-refractivity contribution >= 4 is 5.69 Å². The van der Waals surface area contributed by atoms with Crippen LogP contribution in [0.25, 0.3) is 0 Å². The Balaban J connectivity index is 2.07. The molecule has 0 aromatic heterocycles. The Morgan fingerprint density at radius 1 is 1.12 bits per heavy atom. The van der Waals surface area contributed by atoms with E-state index in [1.165, 1.54) is 31.2 Å². The average Bonchev–Trinajstić information content (AvgIpc) is 2.30. The van der Waals surface area contributed by atoms with Gasteiger partial charge in [0.2, 0.25) is 5.69 Å². The maximum absolute atomic E-state index is 10.8. The van der Waals surface area contributed by atoms with Crippen LogP contribution in [0.4, 0.5) is 5.69 Å². The summed E-state index contributed by atoms with van der Waals surface area (Å²) >= 11 is 0. The molecule has 0 heterocycles. The van der Waals surface area contributed by atoms with Crippen molar-refractivity contribution in [3.63, 3.8) is 0 Å². The zero-order chi connectivity index (χ0) is 11.5. The van der Waals surface area contributed by atoms with Gasteiger partial charge in [-0.05, 0) is 35.8 Å². The molecule has 0 saturated heterocycles. The van der Waals surface area contributed by atoms with E-state index >= 15 is 0 Å². The summed E-state index contributed by atoms with van der Waals surface area (Å²) in [6.45, 7) is 2.31. The van der Waals surface area contributed by atoms with Gasteiger partial charge in [-0.15, -0.1) is 0 Å². The standard InChI is InChI=1S/C13H18N2O/c1-10-2-4-11(5-3-10)12-6-8-13(9-7-12)15(14)16/h6-11,14H,2-5H2,1H3. The minimum absolute atomic E-state index is 0.159. The van der Waals surface area contributed by atoms with Gasteiger partial charge < -0.3 is 5.21 Å². The summed E-state index contributed by atoms with van der Waals surface area (Å²) < 4.78 is 0. The minimum Gasteiger partial charge on any atom is -0.594 e. The molecule has 1 fully saturated rings. The normalized spacial score (nSPS) is 25.3. The van der Waals surface area contributed by atoms with Gasteiger partial charge in [-0.3, -0.25) is 0 Å². The molecular weight excluding hydrogens is 200 g/mol. The maximum Gasteiger partial charge on any atom is 0.244 e. The van der Waals surface area contributed by atoms with Crippen LogP contribution in [-0.4, -0.2) is 4.86 Å². The molecule has 0 atom stereocenters. The van der Waals surface area contributed by atoms with Crippen LogP contribution in [-0.2, 0) is 0 Å². The first-order valence-corrected chi connectivity index (χ1v) is 5.95. The molecule has 1 N–H and O–H groups in total. The van der Waals surface area contributed by atoms with E-state index in [4.69, 9.17) is 5.53 Å². The van der Waals surface area contributed by atoms with Gasteiger partial charge in [-0.2, -0.15) is 0 Å². The number of benzene rings is 1. The van der Waals surface area contributed by atoms with Gasteiger partial charge in [0.1, 0.15) is 0 Å². The van der Waals surface area contributed by atoms with Crippen LogP contribution in [0, 0.1) is 16.7 Å². The Morgan fingerprint density at radius 2 is 1.69 bits per heavy atom. The minimum atomic E-state index is 0.159. The third kappa shape index (κ3) is 2.40. The van der Waals surface area contributed by atoms with Crippen molar-refractivity contribution in [2.75, 3.05) is 0 Å². The smallest absolute Gasteiger partial charge is 0.244 e. The molecule has 0 spiro atoms. The van der Waals surface area contributed by atoms with E-state index in [0.29, 0.717) is 11.6 Å². The van der Waals surface area contributed by atoms with Gasteiger partial charge in [-0.1, -0.05) is 36.8 Å². The summed E-state index contributed by atoms with van der Waals surface area (Å²) in [6, 6.07) is 7.48. The number of nitrogens with one attached hydrogen (secondary N) is 1. The summed E-state index contributed by atoms with van der Waals surface area (Å²) in [5.74, 6) is 1.51. The fourth-order valence-corrected chi connectivity index (χ4v) is 2.48. The molecule has 3 nitrogen and oxygen atoms in total. The molecule has 0 amide bonds. The topological polar surface area (TPSA) is 49.9 Å². The fourth-order valence-electron chi connectivity index (χ4n) is 2.48. The van der Waals surface area contributed by atoms with Gasteiger partial charge in [0.05, 0.1) is 0 Å². The quantitative estimate of drug-likeness (QED) is 0.452. The predicted molar refractivity (Wildman–Crippen MR) is 62.8 cm³/mol. The third-order valence-electron chi connectivity index (χ3n) is 3.61. The van der Waals surface area contributed by atoms with Crippen molar-refractivity contribution in [3.05, 3.63) is 35.0 Å². The van der Waals surface area contributed by atoms with Gasteiger partial charge in [0.15, 0.2) is 0 Å². The Labute approximate surface area is 96.2 Å². The summed E-state index contributed by atoms with van der Waals surface area (Å²) in [7, 11) is 0. The first kappa shape index (κ1) is 11.1. The second-order valence-corrected chi connectivity index (χ2v) is 4.84. The van der Waals surface area contributed by atoms with E-state index in [-0.39, 0.29) is 4.86 Å². The molecule has 1 aromatic rings. The van der Waals surface area contributed by atoms with Crippen molar-refractivity contribution in [2.45, 2.75) is 38.5 Å². The van der Waals surface area contributed by atoms with E-state index in [9.17, 15) is 5.21 Å². The Bertz CT molecular complexity index is 364. The highest BCUT2D eigenvalue weighted by atomic mass is 16.5. The summed E-state index contributed by atoms with van der Waals surface area (Å²) in [6.07, 6.45) is 5.11. The van der Waals surface area contributed by atoms with Crippen molar-refractivity contribution in [3.8, 4) is 0 Å². The Hall–Kier alpha value is -1.38. The summed E-state index contributed by atoms with van der Waals surface area (Å²) in [4.78, 5) is 0.159. The lowest BCUT2D eigenvalue weighted by Gasteiger charge is -2.26. The first-order chi connectivity index (χ1) is 7.66. The lowest BCUT2D eigenvalue weighted by molar-refractivity contribution is -0.465. The zero-order valence-electron chi connectivity index (χ0n) is 9.65. The highest BCUT2D eigenvalue weighted by Crippen LogP contribution is 2.35. The van der Waals surface area contributed by atoms with Crippen LogP contribution in [0.5, 0.6) is 0 Å². The molecule has 1 aliphatic rings. The third-order valence-corrected chi connectivity index (χ3v) is 3.61. The summed E-state index contributed by atoms with van der Waals surface area (Å²) in [5, 5.41) is 10.8. The molecule has 3 heteroatoms. The number of nitrogens with zero attached hydrogens (tertiary/aromatic N) is 1. The molecule has 0 aliphatic heterocycles. The fraction of sp³-hybridized carbons (Fsp3) is 0.538. The lowest BCUT2D eigenvalue weighted by Crippen LogP contribution is -2.10. The van der Waals surface area contributed by atoms with Crippen molar-refractivity contribution in [1.29, 1.82) is 5.53 Å². The zero-order valence-corrected chi connectivity index (χ0v) is 9.65. The molecule has 16 heavy (non-hydrogen) atoms. The number of hydrogen-bond donors (Lipinski definition) is 1. The second kappa shape index (κ2) is 4.64. The number of hydrogen-bond acceptors (Lipinski definition) is 2. The molecule has 1 aromatic carbocycles. The highest BCUT2D eigenvalue weighted by Gasteiger charge is 2.19. The summed E-state index contributed by atoms with van der Waals surface area (Å²) in [5.41, 5.74) is 8.67. The van der Waals surface area contributed by atoms with Crippen LogP contribution in [0.1, 0.15) is 44.1 Å². The Morgan fingerprint density at radius 3 is 2.19 bits per heavy atom. The maximum atomic E-state index is 10.8. The van der Waals surface area contributed by atoms with Crippen molar-refractivity contribution in [1.82, 2.24) is 0 Å². The van der Waals surface area contributed by atoms with E-state index in [2.05, 4.69) is 6.92 Å². The largest absolute Gasteiger partial charge is 0.594 e.